The highest BCUT2D eigenvalue weighted by Gasteiger charge is 2.27. The number of hydrogen-bond donors (Lipinski definition) is 1. The van der Waals surface area contributed by atoms with E-state index >= 15 is 0 Å². The van der Waals surface area contributed by atoms with Gasteiger partial charge in [0, 0.05) is 11.3 Å². The molecule has 0 atom stereocenters. The molecule has 0 aliphatic heterocycles. The first-order valence-electron chi connectivity index (χ1n) is 5.25. The molecule has 1 aromatic heterocycles. The first-order chi connectivity index (χ1) is 6.61. The number of aromatic nitrogens is 1. The fourth-order valence-electron chi connectivity index (χ4n) is 1.48. The highest BCUT2D eigenvalue weighted by molar-refractivity contribution is 7.09. The predicted octanol–water partition coefficient (Wildman–Crippen LogP) is 2.55. The van der Waals surface area contributed by atoms with Gasteiger partial charge in [-0.3, -0.25) is 0 Å². The van der Waals surface area contributed by atoms with Crippen LogP contribution in [0, 0.1) is 5.41 Å². The van der Waals surface area contributed by atoms with Crippen molar-refractivity contribution in [3.05, 3.63) is 16.1 Å². The molecule has 1 aliphatic rings. The van der Waals surface area contributed by atoms with Crippen LogP contribution in [0.3, 0.4) is 0 Å². The van der Waals surface area contributed by atoms with Gasteiger partial charge in [-0.2, -0.15) is 0 Å². The Labute approximate surface area is 89.5 Å². The van der Waals surface area contributed by atoms with Crippen molar-refractivity contribution in [1.82, 2.24) is 4.98 Å². The molecule has 2 rings (SSSR count). The lowest BCUT2D eigenvalue weighted by molar-refractivity contribution is 0.373. The minimum absolute atomic E-state index is 0.189. The molecule has 0 unspecified atom stereocenters. The van der Waals surface area contributed by atoms with Crippen molar-refractivity contribution in [2.75, 3.05) is 6.54 Å². The van der Waals surface area contributed by atoms with Crippen LogP contribution < -0.4 is 5.73 Å². The van der Waals surface area contributed by atoms with Crippen LogP contribution in [0.1, 0.15) is 43.3 Å². The third-order valence-electron chi connectivity index (χ3n) is 2.71. The van der Waals surface area contributed by atoms with Gasteiger partial charge in [0.05, 0.1) is 10.7 Å². The zero-order valence-corrected chi connectivity index (χ0v) is 9.73. The maximum absolute atomic E-state index is 5.71. The minimum atomic E-state index is 0.189. The van der Waals surface area contributed by atoms with Crippen LogP contribution in [0.5, 0.6) is 0 Å². The smallest absolute Gasteiger partial charge is 0.0959 e. The summed E-state index contributed by atoms with van der Waals surface area (Å²) in [6.07, 6.45) is 3.69. The zero-order chi connectivity index (χ0) is 10.2. The van der Waals surface area contributed by atoms with E-state index in [0.717, 1.165) is 18.9 Å². The van der Waals surface area contributed by atoms with Crippen molar-refractivity contribution in [2.45, 2.75) is 39.0 Å². The van der Waals surface area contributed by atoms with E-state index in [1.165, 1.54) is 23.5 Å². The largest absolute Gasteiger partial charge is 0.330 e. The average Bonchev–Trinajstić information content (AvgIpc) is 2.89. The molecule has 14 heavy (non-hydrogen) atoms. The molecule has 0 saturated heterocycles. The van der Waals surface area contributed by atoms with Gasteiger partial charge >= 0.3 is 0 Å². The Morgan fingerprint density at radius 1 is 1.57 bits per heavy atom. The third-order valence-corrected chi connectivity index (χ3v) is 3.76. The molecule has 2 nitrogen and oxygen atoms in total. The summed E-state index contributed by atoms with van der Waals surface area (Å²) in [4.78, 5) is 4.67. The summed E-state index contributed by atoms with van der Waals surface area (Å²) < 4.78 is 0. The summed E-state index contributed by atoms with van der Waals surface area (Å²) >= 11 is 1.82. The van der Waals surface area contributed by atoms with Crippen molar-refractivity contribution in [3.63, 3.8) is 0 Å². The number of nitrogens with zero attached hydrogens (tertiary/aromatic N) is 1. The summed E-state index contributed by atoms with van der Waals surface area (Å²) in [5.41, 5.74) is 7.13. The van der Waals surface area contributed by atoms with Crippen LogP contribution in [0.15, 0.2) is 5.38 Å². The van der Waals surface area contributed by atoms with E-state index < -0.39 is 0 Å². The van der Waals surface area contributed by atoms with Crippen LogP contribution in [0.2, 0.25) is 0 Å². The number of hydrogen-bond acceptors (Lipinski definition) is 3. The molecular weight excluding hydrogens is 192 g/mol. The molecule has 0 radical (unpaired) electrons. The van der Waals surface area contributed by atoms with Gasteiger partial charge in [-0.05, 0) is 31.2 Å². The highest BCUT2D eigenvalue weighted by Crippen LogP contribution is 2.41. The van der Waals surface area contributed by atoms with Crippen molar-refractivity contribution in [3.8, 4) is 0 Å². The van der Waals surface area contributed by atoms with Gasteiger partial charge in [-0.15, -0.1) is 11.3 Å². The quantitative estimate of drug-likeness (QED) is 0.829. The fraction of sp³-hybridized carbons (Fsp3) is 0.727. The lowest BCUT2D eigenvalue weighted by Gasteiger charge is -2.20. The predicted molar refractivity (Wildman–Crippen MR) is 60.6 cm³/mol. The Morgan fingerprint density at radius 2 is 2.29 bits per heavy atom. The van der Waals surface area contributed by atoms with Crippen molar-refractivity contribution in [2.24, 2.45) is 11.1 Å². The second kappa shape index (κ2) is 3.63. The molecule has 0 spiro atoms. The van der Waals surface area contributed by atoms with Gasteiger partial charge in [0.1, 0.15) is 0 Å². The van der Waals surface area contributed by atoms with Crippen LogP contribution >= 0.6 is 11.3 Å². The first kappa shape index (κ1) is 10.1. The molecule has 0 amide bonds. The van der Waals surface area contributed by atoms with Crippen LogP contribution in [0.4, 0.5) is 0 Å². The van der Waals surface area contributed by atoms with Crippen molar-refractivity contribution < 1.29 is 0 Å². The van der Waals surface area contributed by atoms with Gasteiger partial charge in [-0.25, -0.2) is 4.98 Å². The molecule has 1 saturated carbocycles. The zero-order valence-electron chi connectivity index (χ0n) is 8.92. The van der Waals surface area contributed by atoms with Gasteiger partial charge in [-0.1, -0.05) is 13.8 Å². The summed E-state index contributed by atoms with van der Waals surface area (Å²) in [5.74, 6) is 0.787. The van der Waals surface area contributed by atoms with Gasteiger partial charge in [0.2, 0.25) is 0 Å². The molecule has 1 aliphatic carbocycles. The lowest BCUT2D eigenvalue weighted by atomic mass is 9.88. The summed E-state index contributed by atoms with van der Waals surface area (Å²) in [7, 11) is 0. The molecule has 0 bridgehead atoms. The number of nitrogens with two attached hydrogens (primary N) is 1. The monoisotopic (exact) mass is 210 g/mol. The van der Waals surface area contributed by atoms with E-state index in [2.05, 4.69) is 24.2 Å². The Hall–Kier alpha value is -0.410. The van der Waals surface area contributed by atoms with Gasteiger partial charge in [0.15, 0.2) is 0 Å². The molecule has 1 heterocycles. The van der Waals surface area contributed by atoms with E-state index in [1.54, 1.807) is 0 Å². The summed E-state index contributed by atoms with van der Waals surface area (Å²) in [6, 6.07) is 0. The van der Waals surface area contributed by atoms with Gasteiger partial charge in [0.25, 0.3) is 0 Å². The Morgan fingerprint density at radius 3 is 2.86 bits per heavy atom. The molecule has 1 fully saturated rings. The van der Waals surface area contributed by atoms with Crippen LogP contribution in [-0.2, 0) is 6.42 Å². The van der Waals surface area contributed by atoms with E-state index in [0.29, 0.717) is 0 Å². The maximum atomic E-state index is 5.71. The highest BCUT2D eigenvalue weighted by atomic mass is 32.1. The average molecular weight is 210 g/mol. The summed E-state index contributed by atoms with van der Waals surface area (Å²) in [5, 5.41) is 3.54. The van der Waals surface area contributed by atoms with Crippen LogP contribution in [0.25, 0.3) is 0 Å². The molecular formula is C11H18N2S. The van der Waals surface area contributed by atoms with Crippen molar-refractivity contribution in [1.29, 1.82) is 0 Å². The summed E-state index contributed by atoms with van der Waals surface area (Å²) in [6.45, 7) is 5.12. The van der Waals surface area contributed by atoms with E-state index in [-0.39, 0.29) is 5.41 Å². The fourth-order valence-corrected chi connectivity index (χ4v) is 2.48. The Kier molecular flexibility index (Phi) is 2.62. The molecule has 78 valence electrons. The van der Waals surface area contributed by atoms with E-state index in [4.69, 9.17) is 5.73 Å². The Balaban J connectivity index is 2.02. The lowest BCUT2D eigenvalue weighted by Crippen LogP contribution is -2.26. The standard InChI is InChI=1S/C11H18N2S/c1-11(2,7-12)5-9-6-14-10(13-9)8-3-4-8/h6,8H,3-5,7,12H2,1-2H3. The first-order valence-corrected chi connectivity index (χ1v) is 6.13. The van der Waals surface area contributed by atoms with Crippen LogP contribution in [-0.4, -0.2) is 11.5 Å². The normalized spacial score (nSPS) is 17.4. The third kappa shape index (κ3) is 2.34. The molecule has 3 heteroatoms. The minimum Gasteiger partial charge on any atom is -0.330 e. The second-order valence-electron chi connectivity index (χ2n) is 5.00. The molecule has 2 N–H and O–H groups in total. The Bertz CT molecular complexity index is 313. The second-order valence-corrected chi connectivity index (χ2v) is 5.89. The number of thiazole rings is 1. The van der Waals surface area contributed by atoms with Gasteiger partial charge < -0.3 is 5.73 Å². The maximum Gasteiger partial charge on any atom is 0.0959 e. The van der Waals surface area contributed by atoms with E-state index in [1.807, 2.05) is 11.3 Å². The molecule has 0 aromatic carbocycles. The number of rotatable bonds is 4. The van der Waals surface area contributed by atoms with E-state index in [9.17, 15) is 0 Å². The van der Waals surface area contributed by atoms with Crippen molar-refractivity contribution >= 4 is 11.3 Å². The molecule has 1 aromatic rings. The topological polar surface area (TPSA) is 38.9 Å². The SMILES string of the molecule is CC(C)(CN)Cc1csc(C2CC2)n1.